The van der Waals surface area contributed by atoms with Gasteiger partial charge in [0.15, 0.2) is 0 Å². The van der Waals surface area contributed by atoms with E-state index in [9.17, 15) is 4.79 Å². The van der Waals surface area contributed by atoms with Gasteiger partial charge in [-0.2, -0.15) is 0 Å². The fourth-order valence-corrected chi connectivity index (χ4v) is 1.72. The molecule has 0 unspecified atom stereocenters. The summed E-state index contributed by atoms with van der Waals surface area (Å²) in [5.74, 6) is -0.163. The van der Waals surface area contributed by atoms with Crippen molar-refractivity contribution in [2.45, 2.75) is 0 Å². The minimum absolute atomic E-state index is 0.0478. The molecule has 2 aromatic carbocycles. The fourth-order valence-electron chi connectivity index (χ4n) is 1.72. The van der Waals surface area contributed by atoms with Crippen molar-refractivity contribution in [1.82, 2.24) is 5.32 Å². The van der Waals surface area contributed by atoms with E-state index in [2.05, 4.69) is 5.32 Å². The minimum Gasteiger partial charge on any atom is -0.395 e. The molecule has 0 heterocycles. The lowest BCUT2D eigenvalue weighted by Crippen LogP contribution is -2.26. The highest BCUT2D eigenvalue weighted by Crippen LogP contribution is 2.19. The zero-order valence-electron chi connectivity index (χ0n) is 9.97. The first-order valence-corrected chi connectivity index (χ1v) is 5.86. The van der Waals surface area contributed by atoms with Crippen LogP contribution in [-0.2, 0) is 0 Å². The zero-order chi connectivity index (χ0) is 12.8. The molecule has 0 bridgehead atoms. The topological polar surface area (TPSA) is 49.3 Å². The van der Waals surface area contributed by atoms with Crippen LogP contribution >= 0.6 is 0 Å². The summed E-state index contributed by atoms with van der Waals surface area (Å²) in [5, 5.41) is 11.3. The zero-order valence-corrected chi connectivity index (χ0v) is 9.97. The van der Waals surface area contributed by atoms with E-state index in [0.717, 1.165) is 11.1 Å². The van der Waals surface area contributed by atoms with Crippen molar-refractivity contribution in [3.8, 4) is 11.1 Å². The molecule has 2 N–H and O–H groups in total. The number of aliphatic hydroxyl groups excluding tert-OH is 1. The molecular formula is C15H15NO2. The standard InChI is InChI=1S/C15H15NO2/c17-11-10-16-15(18)14-8-6-13(7-9-14)12-4-2-1-3-5-12/h1-9,17H,10-11H2,(H,16,18). The Hall–Kier alpha value is -2.13. The number of hydrogen-bond donors (Lipinski definition) is 2. The molecule has 2 rings (SSSR count). The Balaban J connectivity index is 2.13. The van der Waals surface area contributed by atoms with Gasteiger partial charge in [-0.15, -0.1) is 0 Å². The average Bonchev–Trinajstić information content (AvgIpc) is 2.46. The summed E-state index contributed by atoms with van der Waals surface area (Å²) < 4.78 is 0. The normalized spacial score (nSPS) is 10.1. The fraction of sp³-hybridized carbons (Fsp3) is 0.133. The second kappa shape index (κ2) is 5.98. The first-order valence-electron chi connectivity index (χ1n) is 5.86. The predicted octanol–water partition coefficient (Wildman–Crippen LogP) is 2.08. The van der Waals surface area contributed by atoms with Gasteiger partial charge in [-0.05, 0) is 23.3 Å². The third-order valence-corrected chi connectivity index (χ3v) is 2.65. The van der Waals surface area contributed by atoms with Crippen LogP contribution in [0.1, 0.15) is 10.4 Å². The van der Waals surface area contributed by atoms with E-state index in [1.165, 1.54) is 0 Å². The minimum atomic E-state index is -0.163. The lowest BCUT2D eigenvalue weighted by atomic mass is 10.0. The van der Waals surface area contributed by atoms with Crippen molar-refractivity contribution in [3.63, 3.8) is 0 Å². The Kier molecular flexibility index (Phi) is 4.10. The number of carbonyl (C=O) groups is 1. The molecule has 0 aliphatic heterocycles. The van der Waals surface area contributed by atoms with E-state index in [4.69, 9.17) is 5.11 Å². The molecule has 3 nitrogen and oxygen atoms in total. The summed E-state index contributed by atoms with van der Waals surface area (Å²) in [6.07, 6.45) is 0. The second-order valence-electron chi connectivity index (χ2n) is 3.92. The van der Waals surface area contributed by atoms with Crippen LogP contribution in [0.2, 0.25) is 0 Å². The van der Waals surface area contributed by atoms with E-state index in [1.807, 2.05) is 42.5 Å². The molecule has 0 radical (unpaired) electrons. The molecule has 2 aromatic rings. The van der Waals surface area contributed by atoms with Gasteiger partial charge in [0.1, 0.15) is 0 Å². The van der Waals surface area contributed by atoms with Gasteiger partial charge in [0, 0.05) is 12.1 Å². The van der Waals surface area contributed by atoms with Gasteiger partial charge in [0.25, 0.3) is 5.91 Å². The summed E-state index contributed by atoms with van der Waals surface area (Å²) in [6.45, 7) is 0.229. The highest BCUT2D eigenvalue weighted by Gasteiger charge is 2.04. The SMILES string of the molecule is O=C(NCCO)c1ccc(-c2ccccc2)cc1. The van der Waals surface area contributed by atoms with Gasteiger partial charge >= 0.3 is 0 Å². The van der Waals surface area contributed by atoms with E-state index in [-0.39, 0.29) is 19.1 Å². The monoisotopic (exact) mass is 241 g/mol. The number of carbonyl (C=O) groups excluding carboxylic acids is 1. The van der Waals surface area contributed by atoms with Crippen LogP contribution in [0, 0.1) is 0 Å². The molecule has 0 aromatic heterocycles. The average molecular weight is 241 g/mol. The number of nitrogens with one attached hydrogen (secondary N) is 1. The number of amides is 1. The van der Waals surface area contributed by atoms with E-state index < -0.39 is 0 Å². The van der Waals surface area contributed by atoms with Crippen LogP contribution in [0.15, 0.2) is 54.6 Å². The molecule has 0 aliphatic carbocycles. The Morgan fingerprint density at radius 1 is 0.944 bits per heavy atom. The smallest absolute Gasteiger partial charge is 0.251 e. The number of rotatable bonds is 4. The third-order valence-electron chi connectivity index (χ3n) is 2.65. The molecule has 92 valence electrons. The molecule has 18 heavy (non-hydrogen) atoms. The van der Waals surface area contributed by atoms with Crippen LogP contribution in [0.25, 0.3) is 11.1 Å². The van der Waals surface area contributed by atoms with Gasteiger partial charge < -0.3 is 10.4 Å². The molecule has 0 atom stereocenters. The summed E-state index contributed by atoms with van der Waals surface area (Å²) in [5.41, 5.74) is 2.80. The van der Waals surface area contributed by atoms with Crippen LogP contribution in [0.3, 0.4) is 0 Å². The van der Waals surface area contributed by atoms with Crippen molar-refractivity contribution in [2.24, 2.45) is 0 Å². The van der Waals surface area contributed by atoms with Crippen molar-refractivity contribution < 1.29 is 9.90 Å². The maximum Gasteiger partial charge on any atom is 0.251 e. The highest BCUT2D eigenvalue weighted by molar-refractivity contribution is 5.94. The second-order valence-corrected chi connectivity index (χ2v) is 3.92. The Labute approximate surface area is 106 Å². The largest absolute Gasteiger partial charge is 0.395 e. The maximum atomic E-state index is 11.6. The predicted molar refractivity (Wildman–Crippen MR) is 71.3 cm³/mol. The van der Waals surface area contributed by atoms with E-state index in [1.54, 1.807) is 12.1 Å². The quantitative estimate of drug-likeness (QED) is 0.861. The van der Waals surface area contributed by atoms with Gasteiger partial charge in [-0.1, -0.05) is 42.5 Å². The van der Waals surface area contributed by atoms with Crippen molar-refractivity contribution >= 4 is 5.91 Å². The van der Waals surface area contributed by atoms with Crippen LogP contribution < -0.4 is 5.32 Å². The van der Waals surface area contributed by atoms with Crippen LogP contribution in [0.4, 0.5) is 0 Å². The van der Waals surface area contributed by atoms with Crippen molar-refractivity contribution in [2.75, 3.05) is 13.2 Å². The molecule has 1 amide bonds. The van der Waals surface area contributed by atoms with Crippen molar-refractivity contribution in [3.05, 3.63) is 60.2 Å². The molecule has 3 heteroatoms. The summed E-state index contributed by atoms with van der Waals surface area (Å²) in [4.78, 5) is 11.6. The maximum absolute atomic E-state index is 11.6. The molecule has 0 saturated carbocycles. The Morgan fingerprint density at radius 3 is 2.17 bits per heavy atom. The highest BCUT2D eigenvalue weighted by atomic mass is 16.3. The summed E-state index contributed by atoms with van der Waals surface area (Å²) in [6, 6.07) is 17.4. The van der Waals surface area contributed by atoms with Gasteiger partial charge in [0.05, 0.1) is 6.61 Å². The Bertz CT molecular complexity index is 506. The van der Waals surface area contributed by atoms with Crippen LogP contribution in [0.5, 0.6) is 0 Å². The van der Waals surface area contributed by atoms with E-state index in [0.29, 0.717) is 5.56 Å². The van der Waals surface area contributed by atoms with Crippen molar-refractivity contribution in [1.29, 1.82) is 0 Å². The number of benzene rings is 2. The third kappa shape index (κ3) is 2.96. The molecule has 0 fully saturated rings. The number of aliphatic hydroxyl groups is 1. The molecule has 0 saturated heterocycles. The van der Waals surface area contributed by atoms with Gasteiger partial charge in [-0.3, -0.25) is 4.79 Å². The first-order chi connectivity index (χ1) is 8.81. The van der Waals surface area contributed by atoms with Gasteiger partial charge in [-0.25, -0.2) is 0 Å². The Morgan fingerprint density at radius 2 is 1.56 bits per heavy atom. The molecule has 0 spiro atoms. The first kappa shape index (κ1) is 12.3. The summed E-state index contributed by atoms with van der Waals surface area (Å²) in [7, 11) is 0. The van der Waals surface area contributed by atoms with Crippen LogP contribution in [-0.4, -0.2) is 24.2 Å². The molecule has 0 aliphatic rings. The lowest BCUT2D eigenvalue weighted by Gasteiger charge is -2.05. The number of hydrogen-bond acceptors (Lipinski definition) is 2. The van der Waals surface area contributed by atoms with Gasteiger partial charge in [0.2, 0.25) is 0 Å². The molecular weight excluding hydrogens is 226 g/mol. The lowest BCUT2D eigenvalue weighted by molar-refractivity contribution is 0.0945. The summed E-state index contributed by atoms with van der Waals surface area (Å²) >= 11 is 0. The van der Waals surface area contributed by atoms with E-state index >= 15 is 0 Å².